The maximum atomic E-state index is 11.9. The van der Waals surface area contributed by atoms with Crippen molar-refractivity contribution in [3.63, 3.8) is 0 Å². The molecule has 2 aromatic carbocycles. The number of ether oxygens (including phenoxy) is 1. The molecule has 0 saturated carbocycles. The summed E-state index contributed by atoms with van der Waals surface area (Å²) in [5.41, 5.74) is 3.04. The normalized spacial score (nSPS) is 10.4. The number of hydrogen-bond donors (Lipinski definition) is 0. The van der Waals surface area contributed by atoms with Crippen LogP contribution in [0.5, 0.6) is 0 Å². The molecular weight excluding hydrogens is 236 g/mol. The van der Waals surface area contributed by atoms with E-state index in [1.54, 1.807) is 0 Å². The Kier molecular flexibility index (Phi) is 4.87. The van der Waals surface area contributed by atoms with Gasteiger partial charge in [0.25, 0.3) is 0 Å². The van der Waals surface area contributed by atoms with Crippen molar-refractivity contribution in [2.24, 2.45) is 0 Å². The molecule has 2 heteroatoms. The average Bonchev–Trinajstić information content (AvgIpc) is 2.44. The summed E-state index contributed by atoms with van der Waals surface area (Å²) < 4.78 is 5.44. The number of carbonyl (C=O) groups excluding carboxylic acids is 1. The minimum atomic E-state index is 0.0387. The summed E-state index contributed by atoms with van der Waals surface area (Å²) in [5, 5.41) is 0. The lowest BCUT2D eigenvalue weighted by atomic mass is 10.1. The topological polar surface area (TPSA) is 26.3 Å². The summed E-state index contributed by atoms with van der Waals surface area (Å²) in [6.45, 7) is 2.70. The molecular formula is C17H18O2. The zero-order valence-electron chi connectivity index (χ0n) is 11.1. The van der Waals surface area contributed by atoms with Crippen molar-refractivity contribution in [1.29, 1.82) is 0 Å². The molecule has 0 saturated heterocycles. The second-order valence-electron chi connectivity index (χ2n) is 4.58. The van der Waals surface area contributed by atoms with Crippen molar-refractivity contribution in [3.8, 4) is 0 Å². The van der Waals surface area contributed by atoms with Gasteiger partial charge in [-0.05, 0) is 25.0 Å². The minimum absolute atomic E-state index is 0.0387. The highest BCUT2D eigenvalue weighted by Gasteiger charge is 2.05. The number of benzene rings is 2. The summed E-state index contributed by atoms with van der Waals surface area (Å²) in [4.78, 5) is 11.9. The van der Waals surface area contributed by atoms with Crippen LogP contribution in [0.4, 0.5) is 0 Å². The van der Waals surface area contributed by atoms with E-state index in [0.717, 1.165) is 17.5 Å². The standard InChI is InChI=1S/C17H18O2/c1-14-6-5-9-16(12-14)17(18)13-19-11-10-15-7-3-2-4-8-15/h2-9,12H,10-11,13H2,1H3. The zero-order chi connectivity index (χ0) is 13.5. The first-order valence-electron chi connectivity index (χ1n) is 6.47. The van der Waals surface area contributed by atoms with Crippen LogP contribution in [0.3, 0.4) is 0 Å². The van der Waals surface area contributed by atoms with Crippen LogP contribution in [0.2, 0.25) is 0 Å². The van der Waals surface area contributed by atoms with Gasteiger partial charge < -0.3 is 4.74 Å². The van der Waals surface area contributed by atoms with Gasteiger partial charge in [0.05, 0.1) is 6.61 Å². The molecule has 0 radical (unpaired) electrons. The molecule has 0 aliphatic rings. The molecule has 0 atom stereocenters. The molecule has 0 N–H and O–H groups in total. The summed E-state index contributed by atoms with van der Waals surface area (Å²) >= 11 is 0. The Labute approximate surface area is 114 Å². The third-order valence-corrected chi connectivity index (χ3v) is 2.95. The Hall–Kier alpha value is -1.93. The van der Waals surface area contributed by atoms with Gasteiger partial charge in [-0.2, -0.15) is 0 Å². The quantitative estimate of drug-likeness (QED) is 0.583. The second kappa shape index (κ2) is 6.86. The van der Waals surface area contributed by atoms with E-state index in [1.807, 2.05) is 49.4 Å². The summed E-state index contributed by atoms with van der Waals surface area (Å²) in [7, 11) is 0. The SMILES string of the molecule is Cc1cccc(C(=O)COCCc2ccccc2)c1. The lowest BCUT2D eigenvalue weighted by Gasteiger charge is -2.05. The molecule has 0 amide bonds. The molecule has 19 heavy (non-hydrogen) atoms. The summed E-state index contributed by atoms with van der Waals surface area (Å²) in [6, 6.07) is 17.7. The molecule has 0 bridgehead atoms. The van der Waals surface area contributed by atoms with Gasteiger partial charge in [-0.3, -0.25) is 4.79 Å². The van der Waals surface area contributed by atoms with E-state index in [2.05, 4.69) is 12.1 Å². The smallest absolute Gasteiger partial charge is 0.188 e. The second-order valence-corrected chi connectivity index (χ2v) is 4.58. The van der Waals surface area contributed by atoms with Crippen LogP contribution in [0.15, 0.2) is 54.6 Å². The lowest BCUT2D eigenvalue weighted by molar-refractivity contribution is 0.0765. The number of Topliss-reactive ketones (excluding diaryl/α,β-unsaturated/α-hetero) is 1. The van der Waals surface area contributed by atoms with Crippen LogP contribution in [0.25, 0.3) is 0 Å². The van der Waals surface area contributed by atoms with Gasteiger partial charge in [0, 0.05) is 5.56 Å². The third-order valence-electron chi connectivity index (χ3n) is 2.95. The lowest BCUT2D eigenvalue weighted by Crippen LogP contribution is -2.11. The maximum Gasteiger partial charge on any atom is 0.188 e. The van der Waals surface area contributed by atoms with Crippen molar-refractivity contribution in [2.75, 3.05) is 13.2 Å². The molecule has 0 heterocycles. The van der Waals surface area contributed by atoms with Crippen LogP contribution in [0.1, 0.15) is 21.5 Å². The van der Waals surface area contributed by atoms with Crippen molar-refractivity contribution >= 4 is 5.78 Å². The zero-order valence-corrected chi connectivity index (χ0v) is 11.1. The minimum Gasteiger partial charge on any atom is -0.373 e. The highest BCUT2D eigenvalue weighted by molar-refractivity contribution is 5.97. The van der Waals surface area contributed by atoms with Crippen molar-refractivity contribution in [1.82, 2.24) is 0 Å². The van der Waals surface area contributed by atoms with E-state index in [4.69, 9.17) is 4.74 Å². The largest absolute Gasteiger partial charge is 0.373 e. The average molecular weight is 254 g/mol. The Balaban J connectivity index is 1.75. The van der Waals surface area contributed by atoms with Crippen LogP contribution >= 0.6 is 0 Å². The van der Waals surface area contributed by atoms with E-state index >= 15 is 0 Å². The fourth-order valence-electron chi connectivity index (χ4n) is 1.90. The maximum absolute atomic E-state index is 11.9. The van der Waals surface area contributed by atoms with Crippen LogP contribution in [-0.4, -0.2) is 19.0 Å². The first kappa shape index (κ1) is 13.5. The van der Waals surface area contributed by atoms with E-state index < -0.39 is 0 Å². The van der Waals surface area contributed by atoms with Crippen molar-refractivity contribution in [2.45, 2.75) is 13.3 Å². The van der Waals surface area contributed by atoms with Gasteiger partial charge in [0.15, 0.2) is 5.78 Å². The molecule has 2 nitrogen and oxygen atoms in total. The number of carbonyl (C=O) groups is 1. The Morgan fingerprint density at radius 2 is 1.84 bits per heavy atom. The highest BCUT2D eigenvalue weighted by atomic mass is 16.5. The van der Waals surface area contributed by atoms with Crippen LogP contribution < -0.4 is 0 Å². The summed E-state index contributed by atoms with van der Waals surface area (Å²) in [5.74, 6) is 0.0387. The number of ketones is 1. The molecule has 0 fully saturated rings. The van der Waals surface area contributed by atoms with Crippen molar-refractivity contribution in [3.05, 3.63) is 71.3 Å². The fourth-order valence-corrected chi connectivity index (χ4v) is 1.90. The van der Waals surface area contributed by atoms with Gasteiger partial charge in [0.1, 0.15) is 6.61 Å². The van der Waals surface area contributed by atoms with E-state index in [-0.39, 0.29) is 12.4 Å². The van der Waals surface area contributed by atoms with E-state index in [1.165, 1.54) is 5.56 Å². The van der Waals surface area contributed by atoms with Gasteiger partial charge >= 0.3 is 0 Å². The number of rotatable bonds is 6. The van der Waals surface area contributed by atoms with Gasteiger partial charge in [-0.1, -0.05) is 54.1 Å². The molecule has 0 spiro atoms. The van der Waals surface area contributed by atoms with Gasteiger partial charge in [0.2, 0.25) is 0 Å². The van der Waals surface area contributed by atoms with E-state index in [9.17, 15) is 4.79 Å². The summed E-state index contributed by atoms with van der Waals surface area (Å²) in [6.07, 6.45) is 0.835. The van der Waals surface area contributed by atoms with Crippen LogP contribution in [0, 0.1) is 6.92 Å². The van der Waals surface area contributed by atoms with Gasteiger partial charge in [-0.15, -0.1) is 0 Å². The first-order valence-corrected chi connectivity index (χ1v) is 6.47. The predicted octanol–water partition coefficient (Wildman–Crippen LogP) is 3.44. The number of aryl methyl sites for hydroxylation is 1. The molecule has 0 aliphatic heterocycles. The Bertz CT molecular complexity index is 532. The molecule has 0 aromatic heterocycles. The van der Waals surface area contributed by atoms with Gasteiger partial charge in [-0.25, -0.2) is 0 Å². The first-order chi connectivity index (χ1) is 9.25. The molecule has 0 aliphatic carbocycles. The number of hydrogen-bond acceptors (Lipinski definition) is 2. The predicted molar refractivity (Wildman–Crippen MR) is 76.5 cm³/mol. The van der Waals surface area contributed by atoms with E-state index in [0.29, 0.717) is 6.61 Å². The molecule has 0 unspecified atom stereocenters. The Morgan fingerprint density at radius 1 is 1.05 bits per heavy atom. The Morgan fingerprint density at radius 3 is 2.58 bits per heavy atom. The van der Waals surface area contributed by atoms with Crippen molar-refractivity contribution < 1.29 is 9.53 Å². The third kappa shape index (κ3) is 4.34. The van der Waals surface area contributed by atoms with Crippen LogP contribution in [-0.2, 0) is 11.2 Å². The fraction of sp³-hybridized carbons (Fsp3) is 0.235. The molecule has 2 aromatic rings. The molecule has 2 rings (SSSR count). The molecule has 98 valence electrons. The monoisotopic (exact) mass is 254 g/mol. The highest BCUT2D eigenvalue weighted by Crippen LogP contribution is 2.05.